The molecule has 0 bridgehead atoms. The van der Waals surface area contributed by atoms with E-state index in [1.54, 1.807) is 0 Å². The van der Waals surface area contributed by atoms with Crippen molar-refractivity contribution in [3.63, 3.8) is 0 Å². The number of carbonyl (C=O) groups excluding carboxylic acids is 1. The third kappa shape index (κ3) is 6.76. The molecule has 3 fully saturated rings. The predicted molar refractivity (Wildman–Crippen MR) is 153 cm³/mol. The van der Waals surface area contributed by atoms with Crippen LogP contribution < -0.4 is 10.6 Å². The van der Waals surface area contributed by atoms with E-state index in [1.807, 2.05) is 60.7 Å². The highest BCUT2D eigenvalue weighted by Crippen LogP contribution is 2.30. The maximum Gasteiger partial charge on any atom is 0.243 e. The molecular formula is C32H44N4O2. The van der Waals surface area contributed by atoms with Gasteiger partial charge in [-0.15, -0.1) is 0 Å². The topological polar surface area (TPSA) is 77.0 Å². The van der Waals surface area contributed by atoms with Gasteiger partial charge in [-0.25, -0.2) is 4.99 Å². The van der Waals surface area contributed by atoms with Gasteiger partial charge < -0.3 is 20.6 Å². The predicted octanol–water partition coefficient (Wildman–Crippen LogP) is 5.65. The van der Waals surface area contributed by atoms with Crippen molar-refractivity contribution >= 4 is 11.9 Å². The molecule has 3 aliphatic rings. The Morgan fingerprint density at radius 2 is 1.39 bits per heavy atom. The number of rotatable bonds is 7. The highest BCUT2D eigenvalue weighted by Gasteiger charge is 2.36. The number of amides is 1. The van der Waals surface area contributed by atoms with Crippen molar-refractivity contribution < 1.29 is 9.90 Å². The Balaban J connectivity index is 1.36. The Kier molecular flexibility index (Phi) is 9.34. The lowest BCUT2D eigenvalue weighted by atomic mass is 9.95. The summed E-state index contributed by atoms with van der Waals surface area (Å²) in [7, 11) is 0. The molecule has 0 spiro atoms. The number of hydrogen-bond donors (Lipinski definition) is 3. The molecule has 0 radical (unpaired) electrons. The summed E-state index contributed by atoms with van der Waals surface area (Å²) in [6, 6.07) is 19.4. The van der Waals surface area contributed by atoms with Gasteiger partial charge in [0.15, 0.2) is 5.96 Å². The van der Waals surface area contributed by atoms with Crippen molar-refractivity contribution in [2.45, 2.75) is 107 Å². The zero-order valence-corrected chi connectivity index (χ0v) is 22.6. The number of aliphatic imine (C=N–C) groups is 1. The Morgan fingerprint density at radius 3 is 2.05 bits per heavy atom. The fourth-order valence-electron chi connectivity index (χ4n) is 6.40. The molecule has 1 amide bonds. The van der Waals surface area contributed by atoms with Crippen LogP contribution in [0.3, 0.4) is 0 Å². The summed E-state index contributed by atoms with van der Waals surface area (Å²) in [4.78, 5) is 21.4. The fraction of sp³-hybridized carbons (Fsp3) is 0.562. The van der Waals surface area contributed by atoms with Crippen LogP contribution in [0.4, 0.5) is 0 Å². The number of benzene rings is 2. The molecule has 3 N–H and O–H groups in total. The van der Waals surface area contributed by atoms with Gasteiger partial charge in [-0.3, -0.25) is 4.79 Å². The van der Waals surface area contributed by atoms with Gasteiger partial charge in [-0.05, 0) is 49.7 Å². The highest BCUT2D eigenvalue weighted by atomic mass is 16.3. The van der Waals surface area contributed by atoms with Crippen molar-refractivity contribution in [3.05, 3.63) is 71.8 Å². The van der Waals surface area contributed by atoms with Crippen molar-refractivity contribution in [2.75, 3.05) is 6.54 Å². The molecule has 6 heteroatoms. The van der Waals surface area contributed by atoms with Crippen LogP contribution in [0.15, 0.2) is 65.7 Å². The molecule has 1 aliphatic heterocycles. The van der Waals surface area contributed by atoms with E-state index in [-0.39, 0.29) is 11.9 Å². The molecule has 2 aromatic carbocycles. The van der Waals surface area contributed by atoms with E-state index in [1.165, 1.54) is 51.4 Å². The lowest BCUT2D eigenvalue weighted by Crippen LogP contribution is -2.53. The molecule has 2 saturated carbocycles. The summed E-state index contributed by atoms with van der Waals surface area (Å²) in [5.74, 6) is 0.898. The number of carbonyl (C=O) groups is 1. The van der Waals surface area contributed by atoms with Gasteiger partial charge in [0.05, 0.1) is 12.1 Å². The van der Waals surface area contributed by atoms with Gasteiger partial charge in [-0.2, -0.15) is 0 Å². The lowest BCUT2D eigenvalue weighted by molar-refractivity contribution is -0.126. The monoisotopic (exact) mass is 516 g/mol. The zero-order valence-electron chi connectivity index (χ0n) is 22.6. The molecule has 2 aromatic rings. The molecule has 1 heterocycles. The second-order valence-electron chi connectivity index (χ2n) is 11.3. The summed E-state index contributed by atoms with van der Waals surface area (Å²) in [6.07, 6.45) is 13.2. The van der Waals surface area contributed by atoms with Gasteiger partial charge in [0.1, 0.15) is 12.1 Å². The summed E-state index contributed by atoms with van der Waals surface area (Å²) >= 11 is 0. The molecule has 3 atom stereocenters. The van der Waals surface area contributed by atoms with Crippen LogP contribution in [0, 0.1) is 0 Å². The molecule has 2 aliphatic carbocycles. The van der Waals surface area contributed by atoms with Crippen LogP contribution in [0.25, 0.3) is 0 Å². The SMILES string of the molecule is O=C(N[C@@H](c1ccccc1)[C@H](O)c1ccccc1)[C@@H]1CCCN1C(=NC1CCCCC1)NC1CCCCC1. The van der Waals surface area contributed by atoms with E-state index in [2.05, 4.69) is 15.5 Å². The first-order valence-electron chi connectivity index (χ1n) is 14.9. The molecule has 1 saturated heterocycles. The van der Waals surface area contributed by atoms with Crippen LogP contribution in [0.2, 0.25) is 0 Å². The van der Waals surface area contributed by atoms with E-state index in [4.69, 9.17) is 4.99 Å². The third-order valence-corrected chi connectivity index (χ3v) is 8.56. The molecule has 204 valence electrons. The second-order valence-corrected chi connectivity index (χ2v) is 11.3. The van der Waals surface area contributed by atoms with Crippen LogP contribution in [-0.2, 0) is 4.79 Å². The van der Waals surface area contributed by atoms with Crippen LogP contribution >= 0.6 is 0 Å². The summed E-state index contributed by atoms with van der Waals surface area (Å²) < 4.78 is 0. The van der Waals surface area contributed by atoms with Gasteiger partial charge in [0, 0.05) is 12.6 Å². The zero-order chi connectivity index (χ0) is 26.2. The summed E-state index contributed by atoms with van der Waals surface area (Å²) in [5, 5.41) is 18.4. The number of likely N-dealkylation sites (tertiary alicyclic amines) is 1. The first kappa shape index (κ1) is 26.7. The first-order chi connectivity index (χ1) is 18.7. The second kappa shape index (κ2) is 13.3. The van der Waals surface area contributed by atoms with Gasteiger partial charge in [0.2, 0.25) is 5.91 Å². The maximum absolute atomic E-state index is 13.9. The van der Waals surface area contributed by atoms with Crippen LogP contribution in [-0.4, -0.2) is 46.5 Å². The fourth-order valence-corrected chi connectivity index (χ4v) is 6.40. The van der Waals surface area contributed by atoms with Crippen molar-refractivity contribution in [2.24, 2.45) is 4.99 Å². The Labute approximate surface area is 227 Å². The molecular weight excluding hydrogens is 472 g/mol. The van der Waals surface area contributed by atoms with E-state index in [9.17, 15) is 9.90 Å². The van der Waals surface area contributed by atoms with Crippen molar-refractivity contribution in [1.82, 2.24) is 15.5 Å². The molecule has 6 nitrogen and oxygen atoms in total. The summed E-state index contributed by atoms with van der Waals surface area (Å²) in [6.45, 7) is 0.834. The smallest absolute Gasteiger partial charge is 0.243 e. The number of aliphatic hydroxyl groups excluding tert-OH is 1. The maximum atomic E-state index is 13.9. The Bertz CT molecular complexity index is 1030. The average molecular weight is 517 g/mol. The van der Waals surface area contributed by atoms with E-state index < -0.39 is 12.1 Å². The highest BCUT2D eigenvalue weighted by molar-refractivity contribution is 5.90. The van der Waals surface area contributed by atoms with Crippen LogP contribution in [0.5, 0.6) is 0 Å². The number of guanidine groups is 1. The summed E-state index contributed by atoms with van der Waals surface area (Å²) in [5.41, 5.74) is 1.70. The number of nitrogens with zero attached hydrogens (tertiary/aromatic N) is 2. The van der Waals surface area contributed by atoms with Gasteiger partial charge in [-0.1, -0.05) is 99.2 Å². The molecule has 5 rings (SSSR count). The molecule has 0 unspecified atom stereocenters. The largest absolute Gasteiger partial charge is 0.386 e. The normalized spacial score (nSPS) is 23.1. The lowest BCUT2D eigenvalue weighted by Gasteiger charge is -2.34. The van der Waals surface area contributed by atoms with E-state index in [0.29, 0.717) is 12.1 Å². The number of nitrogens with one attached hydrogen (secondary N) is 2. The number of hydrogen-bond acceptors (Lipinski definition) is 3. The molecule has 38 heavy (non-hydrogen) atoms. The van der Waals surface area contributed by atoms with Crippen molar-refractivity contribution in [3.8, 4) is 0 Å². The Hall–Kier alpha value is -2.86. The minimum absolute atomic E-state index is 0.0341. The van der Waals surface area contributed by atoms with Gasteiger partial charge in [0.25, 0.3) is 0 Å². The quantitative estimate of drug-likeness (QED) is 0.328. The van der Waals surface area contributed by atoms with Crippen molar-refractivity contribution in [1.29, 1.82) is 0 Å². The number of aliphatic hydroxyl groups is 1. The Morgan fingerprint density at radius 1 is 0.789 bits per heavy atom. The van der Waals surface area contributed by atoms with Gasteiger partial charge >= 0.3 is 0 Å². The first-order valence-corrected chi connectivity index (χ1v) is 14.9. The van der Waals surface area contributed by atoms with E-state index in [0.717, 1.165) is 49.3 Å². The average Bonchev–Trinajstić information content (AvgIpc) is 3.47. The van der Waals surface area contributed by atoms with E-state index >= 15 is 0 Å². The standard InChI is InChI=1S/C32H44N4O2/c37-30(25-16-7-2-8-17-25)29(24-14-5-1-6-15-24)35-31(38)28-22-13-23-36(28)32(33-26-18-9-3-10-19-26)34-27-20-11-4-12-21-27/h1-2,5-8,14-17,26-30,37H,3-4,9-13,18-23H2,(H,33,34)(H,35,38)/t28-,29-,30+/m0/s1. The molecule has 0 aromatic heterocycles. The van der Waals surface area contributed by atoms with Crippen LogP contribution in [0.1, 0.15) is 100 Å². The third-order valence-electron chi connectivity index (χ3n) is 8.56. The minimum atomic E-state index is -0.840. The minimum Gasteiger partial charge on any atom is -0.386 e.